The highest BCUT2D eigenvalue weighted by atomic mass is 16.5. The third-order valence-electron chi connectivity index (χ3n) is 16.2. The van der Waals surface area contributed by atoms with Gasteiger partial charge in [0.05, 0.1) is 38.5 Å². The van der Waals surface area contributed by atoms with Gasteiger partial charge in [0.25, 0.3) is 11.8 Å². The van der Waals surface area contributed by atoms with Crippen LogP contribution in [-0.4, -0.2) is 156 Å². The zero-order chi connectivity index (χ0) is 46.6. The minimum atomic E-state index is -0.822. The molecule has 12 rings (SSSR count). The second kappa shape index (κ2) is 18.0. The van der Waals surface area contributed by atoms with Crippen molar-refractivity contribution in [2.45, 2.75) is 55.3 Å². The van der Waals surface area contributed by atoms with E-state index in [4.69, 9.17) is 20.5 Å². The number of azide groups is 2. The molecule has 6 amide bonds. The number of carbonyl (C=O) groups is 4. The first-order chi connectivity index (χ1) is 33.3. The number of nitrogens with one attached hydrogen (secondary N) is 1. The molecule has 4 aromatic rings. The van der Waals surface area contributed by atoms with Crippen LogP contribution in [0.4, 0.5) is 21.0 Å². The van der Waals surface area contributed by atoms with E-state index in [9.17, 15) is 19.2 Å². The summed E-state index contributed by atoms with van der Waals surface area (Å²) in [4.78, 5) is 72.4. The predicted octanol–water partition coefficient (Wildman–Crippen LogP) is 7.14. The van der Waals surface area contributed by atoms with E-state index in [-0.39, 0.29) is 47.8 Å². The van der Waals surface area contributed by atoms with Crippen molar-refractivity contribution in [2.75, 3.05) is 91.9 Å². The summed E-state index contributed by atoms with van der Waals surface area (Å²) in [6.07, 6.45) is 4.20. The van der Waals surface area contributed by atoms with E-state index in [2.05, 4.69) is 35.2 Å². The standard InChI is InChI=1S/C25H28N6O3.C24H27N7O3/c26-28-27-21-8-7-20(18-5-1-2-6-19(18)21)22-16-17-4-3-9-25(17)23(32)30(24(33)31(22)25)11-10-29-12-14-34-15-13-29;25-28-27-20-6-5-19(17-3-1-2-4-18(17)20)21-13-16-14-26-15-24(16)22(32)30(23(33)31(21)24)8-7-29-9-11-34-12-10-29/h1-2,5-8,17,22H,3-4,9-16H2;1-6,16,21,26H,7-15H2/t17-,22+,25-;16-,21-,24+/m01/s1. The molecule has 1 saturated carbocycles. The molecule has 19 heteroatoms. The molecular weight excluding hydrogens is 867 g/mol. The van der Waals surface area contributed by atoms with Crippen molar-refractivity contribution in [3.8, 4) is 0 Å². The molecule has 1 aliphatic carbocycles. The molecule has 0 aromatic heterocycles. The molecule has 7 aliphatic heterocycles. The fourth-order valence-corrected chi connectivity index (χ4v) is 13.1. The van der Waals surface area contributed by atoms with Crippen molar-refractivity contribution < 1.29 is 28.7 Å². The quantitative estimate of drug-likeness (QED) is 0.0739. The van der Waals surface area contributed by atoms with E-state index in [1.54, 1.807) is 0 Å². The lowest BCUT2D eigenvalue weighted by atomic mass is 9.87. The Morgan fingerprint density at radius 2 is 1.07 bits per heavy atom. The summed E-state index contributed by atoms with van der Waals surface area (Å²) in [7, 11) is 0. The summed E-state index contributed by atoms with van der Waals surface area (Å²) >= 11 is 0. The number of rotatable bonds is 10. The Kier molecular flexibility index (Phi) is 11.7. The molecule has 8 fully saturated rings. The van der Waals surface area contributed by atoms with E-state index in [0.29, 0.717) is 70.5 Å². The van der Waals surface area contributed by atoms with Crippen LogP contribution in [0.25, 0.3) is 42.4 Å². The monoisotopic (exact) mass is 921 g/mol. The van der Waals surface area contributed by atoms with Crippen LogP contribution in [0, 0.1) is 11.8 Å². The number of carbonyl (C=O) groups excluding carboxylic acids is 4. The maximum atomic E-state index is 13.8. The highest BCUT2D eigenvalue weighted by molar-refractivity contribution is 6.10. The van der Waals surface area contributed by atoms with Gasteiger partial charge in [-0.2, -0.15) is 0 Å². The molecular formula is C49H55N13O6. The summed E-state index contributed by atoms with van der Waals surface area (Å²) in [5.41, 5.74) is 19.6. The van der Waals surface area contributed by atoms with Crippen molar-refractivity contribution in [1.82, 2.24) is 34.7 Å². The van der Waals surface area contributed by atoms with Gasteiger partial charge in [-0.1, -0.05) is 89.4 Å². The van der Waals surface area contributed by atoms with E-state index in [1.807, 2.05) is 82.6 Å². The number of hydrogen-bond donors (Lipinski definition) is 1. The van der Waals surface area contributed by atoms with Gasteiger partial charge in [0.2, 0.25) is 0 Å². The average Bonchev–Trinajstić information content (AvgIpc) is 4.19. The van der Waals surface area contributed by atoms with Crippen LogP contribution in [0.15, 0.2) is 83.0 Å². The van der Waals surface area contributed by atoms with Gasteiger partial charge in [0, 0.05) is 92.6 Å². The largest absolute Gasteiger partial charge is 0.379 e. The third-order valence-corrected chi connectivity index (χ3v) is 16.2. The smallest absolute Gasteiger partial charge is 0.328 e. The van der Waals surface area contributed by atoms with E-state index in [0.717, 1.165) is 97.5 Å². The van der Waals surface area contributed by atoms with Crippen molar-refractivity contribution in [1.29, 1.82) is 0 Å². The number of nitrogens with zero attached hydrogens (tertiary/aromatic N) is 12. The molecule has 352 valence electrons. The number of ether oxygens (including phenoxy) is 2. The van der Waals surface area contributed by atoms with Gasteiger partial charge < -0.3 is 24.6 Å². The number of amides is 6. The minimum absolute atomic E-state index is 0.00855. The van der Waals surface area contributed by atoms with Gasteiger partial charge >= 0.3 is 12.1 Å². The van der Waals surface area contributed by atoms with Gasteiger partial charge in [-0.15, -0.1) is 0 Å². The highest BCUT2D eigenvalue weighted by Crippen LogP contribution is 2.59. The maximum Gasteiger partial charge on any atom is 0.328 e. The second-order valence-electron chi connectivity index (χ2n) is 19.2. The molecule has 68 heavy (non-hydrogen) atoms. The molecule has 0 unspecified atom stereocenters. The Labute approximate surface area is 393 Å². The van der Waals surface area contributed by atoms with E-state index < -0.39 is 11.1 Å². The lowest BCUT2D eigenvalue weighted by molar-refractivity contribution is -0.134. The topological polar surface area (TPSA) is 216 Å². The van der Waals surface area contributed by atoms with Crippen LogP contribution >= 0.6 is 0 Å². The van der Waals surface area contributed by atoms with Gasteiger partial charge in [0.15, 0.2) is 0 Å². The molecule has 8 aliphatic rings. The molecule has 7 saturated heterocycles. The normalized spacial score (nSPS) is 28.9. The fourth-order valence-electron chi connectivity index (χ4n) is 13.1. The van der Waals surface area contributed by atoms with Crippen molar-refractivity contribution in [3.05, 3.63) is 105 Å². The SMILES string of the molecule is [N-]=[N+]=Nc1ccc([C@H]2C[C@@H]3CCC[C@@]34C(=O)N(CCN3CCOCC3)C(=O)N24)c2ccccc12.[N-]=[N+]=Nc1ccc([C@H]2C[C@@H]3CNC[C@@]34C(=O)N(CCN3CCOCC3)C(=O)N24)c2ccccc12. The van der Waals surface area contributed by atoms with Gasteiger partial charge in [-0.3, -0.25) is 29.2 Å². The first kappa shape index (κ1) is 44.2. The minimum Gasteiger partial charge on any atom is -0.379 e. The Balaban J connectivity index is 0.000000149. The predicted molar refractivity (Wildman–Crippen MR) is 252 cm³/mol. The third kappa shape index (κ3) is 6.98. The van der Waals surface area contributed by atoms with Gasteiger partial charge in [-0.05, 0) is 75.3 Å². The van der Waals surface area contributed by atoms with Crippen molar-refractivity contribution in [3.63, 3.8) is 0 Å². The zero-order valence-electron chi connectivity index (χ0n) is 38.0. The number of morpholine rings is 2. The number of imide groups is 2. The number of hydrogen-bond acceptors (Lipinski definition) is 11. The summed E-state index contributed by atoms with van der Waals surface area (Å²) < 4.78 is 10.8. The van der Waals surface area contributed by atoms with Gasteiger partial charge in [0.1, 0.15) is 11.1 Å². The van der Waals surface area contributed by atoms with E-state index in [1.165, 1.54) is 9.80 Å². The van der Waals surface area contributed by atoms with Crippen LogP contribution in [0.5, 0.6) is 0 Å². The summed E-state index contributed by atoms with van der Waals surface area (Å²) in [6, 6.07) is 22.5. The Hall–Kier alpha value is -6.30. The highest BCUT2D eigenvalue weighted by Gasteiger charge is 2.70. The fraction of sp³-hybridized carbons (Fsp3) is 0.510. The molecule has 1 N–H and O–H groups in total. The summed E-state index contributed by atoms with van der Waals surface area (Å²) in [6.45, 7) is 9.44. The number of fused-ring (bicyclic) bond motifs is 2. The van der Waals surface area contributed by atoms with Crippen LogP contribution in [-0.2, 0) is 19.1 Å². The Morgan fingerprint density at radius 1 is 0.603 bits per heavy atom. The first-order valence-corrected chi connectivity index (χ1v) is 24.0. The molecule has 6 atom stereocenters. The van der Waals surface area contributed by atoms with Crippen LogP contribution in [0.1, 0.15) is 55.3 Å². The molecule has 0 radical (unpaired) electrons. The molecule has 4 aromatic carbocycles. The summed E-state index contributed by atoms with van der Waals surface area (Å²) in [5, 5.41) is 14.7. The number of urea groups is 2. The van der Waals surface area contributed by atoms with Crippen LogP contribution < -0.4 is 5.32 Å². The van der Waals surface area contributed by atoms with E-state index >= 15 is 0 Å². The lowest BCUT2D eigenvalue weighted by Crippen LogP contribution is -2.51. The number of benzene rings is 4. The van der Waals surface area contributed by atoms with Crippen molar-refractivity contribution >= 4 is 56.8 Å². The molecule has 2 spiro atoms. The summed E-state index contributed by atoms with van der Waals surface area (Å²) in [5.74, 6) is 0.167. The Bertz CT molecular complexity index is 2600. The maximum absolute atomic E-state index is 13.8. The molecule has 0 bridgehead atoms. The zero-order valence-corrected chi connectivity index (χ0v) is 38.0. The van der Waals surface area contributed by atoms with Gasteiger partial charge in [-0.25, -0.2) is 9.59 Å². The lowest BCUT2D eigenvalue weighted by Gasteiger charge is -2.31. The molecule has 7 heterocycles. The first-order valence-electron chi connectivity index (χ1n) is 24.0. The van der Waals surface area contributed by atoms with Crippen LogP contribution in [0.3, 0.4) is 0 Å². The molecule has 19 nitrogen and oxygen atoms in total. The second-order valence-corrected chi connectivity index (χ2v) is 19.2. The van der Waals surface area contributed by atoms with Crippen molar-refractivity contribution in [2.24, 2.45) is 22.1 Å². The average molecular weight is 922 g/mol. The Morgan fingerprint density at radius 3 is 1.59 bits per heavy atom. The van der Waals surface area contributed by atoms with Crippen LogP contribution in [0.2, 0.25) is 0 Å².